The monoisotopic (exact) mass is 362 g/mol. The van der Waals surface area contributed by atoms with Crippen molar-refractivity contribution in [3.05, 3.63) is 44.3 Å². The minimum atomic E-state index is 0.613. The van der Waals surface area contributed by atoms with Gasteiger partial charge in [0.2, 0.25) is 0 Å². The summed E-state index contributed by atoms with van der Waals surface area (Å²) in [6.45, 7) is 6.92. The Morgan fingerprint density at radius 1 is 0.909 bits per heavy atom. The Bertz CT molecular complexity index is 855. The van der Waals surface area contributed by atoms with Crippen LogP contribution in [0.1, 0.15) is 47.2 Å². The van der Waals surface area contributed by atoms with Crippen molar-refractivity contribution in [2.45, 2.75) is 39.0 Å². The number of thiophene rings is 4. The molecule has 0 amide bonds. The number of hydrogen-bond acceptors (Lipinski definition) is 4. The predicted molar refractivity (Wildman–Crippen MR) is 106 cm³/mol. The second kappa shape index (κ2) is 5.75. The summed E-state index contributed by atoms with van der Waals surface area (Å²) in [4.78, 5) is 4.57. The first-order valence-corrected chi connectivity index (χ1v) is 10.9. The first-order chi connectivity index (χ1) is 10.6. The van der Waals surface area contributed by atoms with Gasteiger partial charge < -0.3 is 0 Å². The molecule has 0 radical (unpaired) electrons. The van der Waals surface area contributed by atoms with E-state index in [1.807, 2.05) is 45.3 Å². The van der Waals surface area contributed by atoms with Crippen LogP contribution in [0.3, 0.4) is 0 Å². The molecule has 4 aromatic rings. The summed E-state index contributed by atoms with van der Waals surface area (Å²) in [5, 5.41) is 3.61. The van der Waals surface area contributed by atoms with E-state index in [9.17, 15) is 0 Å². The molecule has 0 N–H and O–H groups in total. The molecule has 0 aliphatic carbocycles. The molecule has 22 heavy (non-hydrogen) atoms. The predicted octanol–water partition coefficient (Wildman–Crippen LogP) is 7.71. The Morgan fingerprint density at radius 2 is 1.73 bits per heavy atom. The third-order valence-corrected chi connectivity index (χ3v) is 9.06. The van der Waals surface area contributed by atoms with Crippen molar-refractivity contribution in [2.75, 3.05) is 0 Å². The summed E-state index contributed by atoms with van der Waals surface area (Å²) in [7, 11) is 0. The van der Waals surface area contributed by atoms with Crippen LogP contribution >= 0.6 is 45.3 Å². The molecule has 1 atom stereocenters. The lowest BCUT2D eigenvalue weighted by atomic mass is 10.0. The highest BCUT2D eigenvalue weighted by Gasteiger charge is 2.14. The third-order valence-electron chi connectivity index (χ3n) is 4.01. The van der Waals surface area contributed by atoms with Gasteiger partial charge in [-0.25, -0.2) is 0 Å². The molecule has 0 aliphatic heterocycles. The molecule has 4 heteroatoms. The van der Waals surface area contributed by atoms with Gasteiger partial charge in [-0.2, -0.15) is 0 Å². The summed E-state index contributed by atoms with van der Waals surface area (Å²) in [6.07, 6.45) is 1.16. The van der Waals surface area contributed by atoms with Gasteiger partial charge in [0.25, 0.3) is 0 Å². The molecule has 0 fully saturated rings. The summed E-state index contributed by atoms with van der Waals surface area (Å²) in [5.74, 6) is 1.26. The fraction of sp³-hybridized carbons (Fsp3) is 0.333. The molecular weight excluding hydrogens is 344 g/mol. The highest BCUT2D eigenvalue weighted by atomic mass is 32.2. The van der Waals surface area contributed by atoms with Crippen molar-refractivity contribution in [1.82, 2.24) is 0 Å². The summed E-state index contributed by atoms with van der Waals surface area (Å²) < 4.78 is 4.42. The van der Waals surface area contributed by atoms with Crippen LogP contribution in [0.5, 0.6) is 0 Å². The van der Waals surface area contributed by atoms with E-state index in [4.69, 9.17) is 0 Å². The van der Waals surface area contributed by atoms with E-state index in [1.165, 1.54) is 33.4 Å². The topological polar surface area (TPSA) is 0 Å². The van der Waals surface area contributed by atoms with E-state index in [1.54, 1.807) is 0 Å². The minimum Gasteiger partial charge on any atom is -0.139 e. The van der Waals surface area contributed by atoms with Crippen LogP contribution in [-0.4, -0.2) is 0 Å². The van der Waals surface area contributed by atoms with Gasteiger partial charge >= 0.3 is 0 Å². The molecule has 0 aromatic carbocycles. The lowest BCUT2D eigenvalue weighted by molar-refractivity contribution is 0.786. The molecule has 114 valence electrons. The van der Waals surface area contributed by atoms with E-state index in [-0.39, 0.29) is 0 Å². The SMILES string of the molecule is CC(C)c1cc2sc(CC(C)c3cc4ccsc4s3)cc2s1. The summed E-state index contributed by atoms with van der Waals surface area (Å²) in [5.41, 5.74) is 0. The van der Waals surface area contributed by atoms with Crippen molar-refractivity contribution in [3.8, 4) is 0 Å². The maximum atomic E-state index is 2.42. The van der Waals surface area contributed by atoms with Crippen LogP contribution < -0.4 is 0 Å². The van der Waals surface area contributed by atoms with Gasteiger partial charge in [0, 0.05) is 29.4 Å². The summed E-state index contributed by atoms with van der Waals surface area (Å²) >= 11 is 7.79. The van der Waals surface area contributed by atoms with Gasteiger partial charge in [-0.3, -0.25) is 0 Å². The van der Waals surface area contributed by atoms with Crippen molar-refractivity contribution >= 4 is 64.1 Å². The van der Waals surface area contributed by atoms with Crippen LogP contribution in [0.2, 0.25) is 0 Å². The first kappa shape index (κ1) is 14.9. The average Bonchev–Trinajstić information content (AvgIpc) is 3.15. The summed E-state index contributed by atoms with van der Waals surface area (Å²) in [6, 6.07) is 9.43. The normalized spacial score (nSPS) is 13.6. The highest BCUT2D eigenvalue weighted by molar-refractivity contribution is 7.37. The lowest BCUT2D eigenvalue weighted by Gasteiger charge is -2.06. The molecule has 1 unspecified atom stereocenters. The van der Waals surface area contributed by atoms with E-state index in [0.717, 1.165) is 6.42 Å². The number of hydrogen-bond donors (Lipinski definition) is 0. The molecule has 0 aliphatic rings. The fourth-order valence-corrected chi connectivity index (χ4v) is 7.46. The second-order valence-electron chi connectivity index (χ2n) is 6.16. The molecule has 0 saturated carbocycles. The zero-order valence-electron chi connectivity index (χ0n) is 12.9. The molecule has 0 bridgehead atoms. The zero-order valence-corrected chi connectivity index (χ0v) is 16.1. The first-order valence-electron chi connectivity index (χ1n) is 7.59. The molecule has 4 rings (SSSR count). The van der Waals surface area contributed by atoms with Crippen LogP contribution in [0.4, 0.5) is 0 Å². The smallest absolute Gasteiger partial charge is 0.0867 e. The van der Waals surface area contributed by atoms with Crippen LogP contribution in [0.25, 0.3) is 18.8 Å². The van der Waals surface area contributed by atoms with Gasteiger partial charge in [-0.15, -0.1) is 45.3 Å². The zero-order chi connectivity index (χ0) is 15.3. The van der Waals surface area contributed by atoms with Crippen molar-refractivity contribution in [3.63, 3.8) is 0 Å². The molecular formula is C18H18S4. The molecule has 4 aromatic heterocycles. The van der Waals surface area contributed by atoms with E-state index < -0.39 is 0 Å². The Kier molecular flexibility index (Phi) is 3.89. The Morgan fingerprint density at radius 3 is 2.45 bits per heavy atom. The van der Waals surface area contributed by atoms with Crippen LogP contribution in [0.15, 0.2) is 29.6 Å². The van der Waals surface area contributed by atoms with Gasteiger partial charge in [0.15, 0.2) is 0 Å². The lowest BCUT2D eigenvalue weighted by Crippen LogP contribution is -1.93. The maximum Gasteiger partial charge on any atom is 0.0867 e. The Balaban J connectivity index is 1.56. The Hall–Kier alpha value is -0.680. The van der Waals surface area contributed by atoms with Crippen molar-refractivity contribution in [2.24, 2.45) is 0 Å². The maximum absolute atomic E-state index is 2.42. The Labute approximate surface area is 147 Å². The molecule has 4 heterocycles. The number of rotatable bonds is 4. The van der Waals surface area contributed by atoms with Gasteiger partial charge in [-0.05, 0) is 47.9 Å². The minimum absolute atomic E-state index is 0.613. The largest absolute Gasteiger partial charge is 0.139 e. The highest BCUT2D eigenvalue weighted by Crippen LogP contribution is 2.40. The standard InChI is InChI=1S/C18H18S4/c1-10(2)14-9-17-16(21-14)8-13(20-17)6-11(3)15-7-12-4-5-19-18(12)22-15/h4-5,7-11H,6H2,1-3H3. The van der Waals surface area contributed by atoms with Crippen LogP contribution in [-0.2, 0) is 6.42 Å². The quantitative estimate of drug-likeness (QED) is 0.349. The van der Waals surface area contributed by atoms with E-state index in [0.29, 0.717) is 11.8 Å². The van der Waals surface area contributed by atoms with Crippen molar-refractivity contribution in [1.29, 1.82) is 0 Å². The van der Waals surface area contributed by atoms with Crippen LogP contribution in [0, 0.1) is 0 Å². The fourth-order valence-electron chi connectivity index (χ4n) is 2.72. The second-order valence-corrected chi connectivity index (χ2v) is 10.7. The van der Waals surface area contributed by atoms with E-state index in [2.05, 4.69) is 50.4 Å². The van der Waals surface area contributed by atoms with Gasteiger partial charge in [-0.1, -0.05) is 20.8 Å². The molecule has 0 spiro atoms. The average molecular weight is 363 g/mol. The number of fused-ring (bicyclic) bond motifs is 2. The third kappa shape index (κ3) is 2.67. The molecule has 0 saturated heterocycles. The van der Waals surface area contributed by atoms with E-state index >= 15 is 0 Å². The van der Waals surface area contributed by atoms with Gasteiger partial charge in [0.05, 0.1) is 4.01 Å². The van der Waals surface area contributed by atoms with Crippen molar-refractivity contribution < 1.29 is 0 Å². The molecule has 0 nitrogen and oxygen atoms in total. The van der Waals surface area contributed by atoms with Gasteiger partial charge in [0.1, 0.15) is 0 Å².